The smallest absolute Gasteiger partial charge is 0.497 e. The van der Waals surface area contributed by atoms with Crippen LogP contribution in [0.1, 0.15) is 15.9 Å². The Hall–Kier alpha value is -2.90. The summed E-state index contributed by atoms with van der Waals surface area (Å²) in [6, 6.07) is 9.99. The second kappa shape index (κ2) is 7.78. The number of amides is 1. The molecule has 0 aliphatic carbocycles. The minimum absolute atomic E-state index is 0.144. The Balaban J connectivity index is 2.00. The zero-order valence-corrected chi connectivity index (χ0v) is 13.5. The van der Waals surface area contributed by atoms with Crippen molar-refractivity contribution in [2.45, 2.75) is 12.9 Å². The number of hydrogen-bond acceptors (Lipinski definition) is 4. The van der Waals surface area contributed by atoms with E-state index in [-0.39, 0.29) is 18.2 Å². The van der Waals surface area contributed by atoms with E-state index < -0.39 is 6.36 Å². The summed E-state index contributed by atoms with van der Waals surface area (Å²) in [4.78, 5) is 12.2. The first kappa shape index (κ1) is 18.4. The van der Waals surface area contributed by atoms with Crippen LogP contribution in [0.5, 0.6) is 17.2 Å². The third-order valence-corrected chi connectivity index (χ3v) is 3.22. The minimum Gasteiger partial charge on any atom is -0.497 e. The van der Waals surface area contributed by atoms with Gasteiger partial charge in [-0.1, -0.05) is 12.1 Å². The number of alkyl halides is 3. The summed E-state index contributed by atoms with van der Waals surface area (Å²) >= 11 is 0. The van der Waals surface area contributed by atoms with Crippen molar-refractivity contribution >= 4 is 5.91 Å². The first-order valence-electron chi connectivity index (χ1n) is 7.16. The Morgan fingerprint density at radius 1 is 0.960 bits per heavy atom. The van der Waals surface area contributed by atoms with Crippen molar-refractivity contribution in [3.63, 3.8) is 0 Å². The van der Waals surface area contributed by atoms with Crippen molar-refractivity contribution in [2.75, 3.05) is 14.2 Å². The van der Waals surface area contributed by atoms with Crippen LogP contribution in [0.15, 0.2) is 42.5 Å². The van der Waals surface area contributed by atoms with E-state index in [0.29, 0.717) is 22.6 Å². The number of ether oxygens (including phenoxy) is 3. The van der Waals surface area contributed by atoms with E-state index in [0.717, 1.165) is 0 Å². The second-order valence-corrected chi connectivity index (χ2v) is 4.98. The lowest BCUT2D eigenvalue weighted by Gasteiger charge is -2.11. The molecule has 0 aromatic heterocycles. The molecule has 1 amide bonds. The molecule has 1 N–H and O–H groups in total. The van der Waals surface area contributed by atoms with Gasteiger partial charge in [0.15, 0.2) is 0 Å². The summed E-state index contributed by atoms with van der Waals surface area (Å²) in [7, 11) is 2.95. The van der Waals surface area contributed by atoms with E-state index >= 15 is 0 Å². The number of halogens is 3. The number of rotatable bonds is 6. The molecule has 25 heavy (non-hydrogen) atoms. The molecule has 0 fully saturated rings. The van der Waals surface area contributed by atoms with Gasteiger partial charge < -0.3 is 19.5 Å². The topological polar surface area (TPSA) is 56.8 Å². The fraction of sp³-hybridized carbons (Fsp3) is 0.235. The number of methoxy groups -OCH3 is 2. The molecule has 0 unspecified atom stereocenters. The van der Waals surface area contributed by atoms with Gasteiger partial charge in [-0.05, 0) is 29.8 Å². The number of carbonyl (C=O) groups is 1. The van der Waals surface area contributed by atoms with Crippen molar-refractivity contribution < 1.29 is 32.2 Å². The predicted octanol–water partition coefficient (Wildman–Crippen LogP) is 3.53. The number of benzene rings is 2. The maximum absolute atomic E-state index is 12.2. The summed E-state index contributed by atoms with van der Waals surface area (Å²) in [6.07, 6.45) is -4.73. The van der Waals surface area contributed by atoms with Gasteiger partial charge in [-0.2, -0.15) is 0 Å². The van der Waals surface area contributed by atoms with Crippen LogP contribution in [-0.2, 0) is 6.54 Å². The van der Waals surface area contributed by atoms with Crippen LogP contribution in [0.2, 0.25) is 0 Å². The highest BCUT2D eigenvalue weighted by Crippen LogP contribution is 2.24. The molecule has 0 saturated carbocycles. The van der Waals surface area contributed by atoms with Gasteiger partial charge in [-0.25, -0.2) is 0 Å². The zero-order valence-electron chi connectivity index (χ0n) is 13.5. The lowest BCUT2D eigenvalue weighted by Crippen LogP contribution is -2.23. The van der Waals surface area contributed by atoms with Crippen LogP contribution in [0.4, 0.5) is 13.2 Å². The maximum atomic E-state index is 12.2. The van der Waals surface area contributed by atoms with Crippen LogP contribution in [0, 0.1) is 0 Å². The summed E-state index contributed by atoms with van der Waals surface area (Å²) in [5.74, 6) is 0.254. The van der Waals surface area contributed by atoms with E-state index in [1.54, 1.807) is 18.2 Å². The van der Waals surface area contributed by atoms with Gasteiger partial charge in [0, 0.05) is 18.2 Å². The Morgan fingerprint density at radius 3 is 2.00 bits per heavy atom. The first-order valence-corrected chi connectivity index (χ1v) is 7.16. The molecule has 0 atom stereocenters. The predicted molar refractivity (Wildman–Crippen MR) is 83.8 cm³/mol. The Bertz CT molecular complexity index is 707. The number of carbonyl (C=O) groups excluding carboxylic acids is 1. The van der Waals surface area contributed by atoms with Crippen LogP contribution in [0.3, 0.4) is 0 Å². The highest BCUT2D eigenvalue weighted by atomic mass is 19.4. The van der Waals surface area contributed by atoms with Crippen molar-refractivity contribution in [3.05, 3.63) is 53.6 Å². The van der Waals surface area contributed by atoms with Gasteiger partial charge in [0.2, 0.25) is 0 Å². The molecule has 0 spiro atoms. The molecule has 2 aromatic carbocycles. The maximum Gasteiger partial charge on any atom is 0.573 e. The molecule has 0 aliphatic heterocycles. The minimum atomic E-state index is -4.73. The molecule has 2 rings (SSSR count). The third-order valence-electron chi connectivity index (χ3n) is 3.22. The molecule has 0 radical (unpaired) electrons. The molecule has 0 saturated heterocycles. The van der Waals surface area contributed by atoms with Gasteiger partial charge >= 0.3 is 6.36 Å². The molecule has 0 heterocycles. The second-order valence-electron chi connectivity index (χ2n) is 4.98. The fourth-order valence-corrected chi connectivity index (χ4v) is 2.03. The highest BCUT2D eigenvalue weighted by Gasteiger charge is 2.30. The monoisotopic (exact) mass is 355 g/mol. The first-order chi connectivity index (χ1) is 11.8. The van der Waals surface area contributed by atoms with Crippen molar-refractivity contribution in [1.82, 2.24) is 5.32 Å². The quantitative estimate of drug-likeness (QED) is 0.861. The van der Waals surface area contributed by atoms with E-state index in [9.17, 15) is 18.0 Å². The average Bonchev–Trinajstić information content (AvgIpc) is 2.59. The molecule has 2 aromatic rings. The SMILES string of the molecule is COc1cc(OC)cc(C(=O)NCc2ccc(OC(F)(F)F)cc2)c1. The van der Waals surface area contributed by atoms with Crippen molar-refractivity contribution in [1.29, 1.82) is 0 Å². The standard InChI is InChI=1S/C17H16F3NO4/c1-23-14-7-12(8-15(9-14)24-2)16(22)21-10-11-3-5-13(6-4-11)25-17(18,19)20/h3-9H,10H2,1-2H3,(H,21,22). The summed E-state index contributed by atoms with van der Waals surface area (Å²) in [5.41, 5.74) is 0.964. The molecule has 8 heteroatoms. The van der Waals surface area contributed by atoms with E-state index in [4.69, 9.17) is 9.47 Å². The van der Waals surface area contributed by atoms with E-state index in [1.165, 1.54) is 38.5 Å². The van der Waals surface area contributed by atoms with Gasteiger partial charge in [0.25, 0.3) is 5.91 Å². The van der Waals surface area contributed by atoms with Crippen LogP contribution >= 0.6 is 0 Å². The van der Waals surface area contributed by atoms with E-state index in [2.05, 4.69) is 10.1 Å². The molecule has 5 nitrogen and oxygen atoms in total. The zero-order chi connectivity index (χ0) is 18.4. The normalized spacial score (nSPS) is 10.9. The summed E-state index contributed by atoms with van der Waals surface area (Å²) in [6.45, 7) is 0.144. The molecular weight excluding hydrogens is 339 g/mol. The molecular formula is C17H16F3NO4. The lowest BCUT2D eigenvalue weighted by atomic mass is 10.1. The Kier molecular flexibility index (Phi) is 5.74. The van der Waals surface area contributed by atoms with Crippen molar-refractivity contribution in [3.8, 4) is 17.2 Å². The molecule has 0 bridgehead atoms. The van der Waals surface area contributed by atoms with Crippen LogP contribution < -0.4 is 19.5 Å². The van der Waals surface area contributed by atoms with Gasteiger partial charge in [0.05, 0.1) is 14.2 Å². The average molecular weight is 355 g/mol. The van der Waals surface area contributed by atoms with Crippen molar-refractivity contribution in [2.24, 2.45) is 0 Å². The van der Waals surface area contributed by atoms with E-state index in [1.807, 2.05) is 0 Å². The largest absolute Gasteiger partial charge is 0.573 e. The van der Waals surface area contributed by atoms with Crippen LogP contribution in [-0.4, -0.2) is 26.5 Å². The van der Waals surface area contributed by atoms with Gasteiger partial charge in [0.1, 0.15) is 17.2 Å². The highest BCUT2D eigenvalue weighted by molar-refractivity contribution is 5.95. The molecule has 134 valence electrons. The van der Waals surface area contributed by atoms with Crippen LogP contribution in [0.25, 0.3) is 0 Å². The lowest BCUT2D eigenvalue weighted by molar-refractivity contribution is -0.274. The summed E-state index contributed by atoms with van der Waals surface area (Å²) in [5, 5.41) is 2.67. The molecule has 0 aliphatic rings. The fourth-order valence-electron chi connectivity index (χ4n) is 2.03. The van der Waals surface area contributed by atoms with Gasteiger partial charge in [-0.3, -0.25) is 4.79 Å². The number of nitrogens with one attached hydrogen (secondary N) is 1. The third kappa shape index (κ3) is 5.59. The Labute approximate surface area is 142 Å². The Morgan fingerprint density at radius 2 is 1.52 bits per heavy atom. The van der Waals surface area contributed by atoms with Gasteiger partial charge in [-0.15, -0.1) is 13.2 Å². The summed E-state index contributed by atoms with van der Waals surface area (Å²) < 4.78 is 50.3. The number of hydrogen-bond donors (Lipinski definition) is 1.